The number of benzene rings is 1. The lowest BCUT2D eigenvalue weighted by atomic mass is 9.84. The summed E-state index contributed by atoms with van der Waals surface area (Å²) in [6.45, 7) is 0.286. The van der Waals surface area contributed by atoms with Crippen LogP contribution in [0.3, 0.4) is 0 Å². The van der Waals surface area contributed by atoms with Crippen LogP contribution in [-0.2, 0) is 14.3 Å². The summed E-state index contributed by atoms with van der Waals surface area (Å²) in [7, 11) is 1.75. The van der Waals surface area contributed by atoms with Crippen LogP contribution < -0.4 is 5.32 Å². The van der Waals surface area contributed by atoms with Crippen LogP contribution in [0.25, 0.3) is 0 Å². The quantitative estimate of drug-likeness (QED) is 0.497. The monoisotopic (exact) mass is 303 g/mol. The van der Waals surface area contributed by atoms with Crippen molar-refractivity contribution < 1.29 is 19.1 Å². The first-order chi connectivity index (χ1) is 10.6. The van der Waals surface area contributed by atoms with Crippen molar-refractivity contribution in [2.45, 2.75) is 32.1 Å². The van der Waals surface area contributed by atoms with Crippen LogP contribution in [0.5, 0.6) is 0 Å². The van der Waals surface area contributed by atoms with Crippen LogP contribution in [0.4, 0.5) is 5.69 Å². The van der Waals surface area contributed by atoms with Gasteiger partial charge in [0.2, 0.25) is 0 Å². The van der Waals surface area contributed by atoms with Crippen molar-refractivity contribution in [1.29, 1.82) is 0 Å². The van der Waals surface area contributed by atoms with Crippen LogP contribution in [-0.4, -0.2) is 31.2 Å². The number of Topliss-reactive ketones (excluding diaryl/α,β-unsaturated/α-hetero) is 2. The number of nitrogens with one attached hydrogen (secondary N) is 1. The van der Waals surface area contributed by atoms with E-state index in [1.807, 2.05) is 12.1 Å². The van der Waals surface area contributed by atoms with Gasteiger partial charge in [0.25, 0.3) is 0 Å². The molecule has 0 spiro atoms. The third kappa shape index (κ3) is 4.16. The summed E-state index contributed by atoms with van der Waals surface area (Å²) in [4.78, 5) is 34.9. The summed E-state index contributed by atoms with van der Waals surface area (Å²) in [5, 5.41) is 2.95. The molecule has 1 unspecified atom stereocenters. The summed E-state index contributed by atoms with van der Waals surface area (Å²) in [5.74, 6) is -0.351. The molecule has 0 aliphatic heterocycles. The highest BCUT2D eigenvalue weighted by Gasteiger charge is 2.26. The normalized spacial score (nSPS) is 18.1. The fourth-order valence-electron chi connectivity index (χ4n) is 2.68. The standard InChI is InChI=1S/C17H21NO4/c1-18-15-7-3-2-6-14(15)17(21)22-10-4-5-12-8-9-13(19)11-16(12)20/h2-3,6-7,12,18H,4-5,8-11H2,1H3. The van der Waals surface area contributed by atoms with Gasteiger partial charge in [0.1, 0.15) is 11.6 Å². The number of para-hydroxylation sites is 1. The lowest BCUT2D eigenvalue weighted by Gasteiger charge is -2.19. The number of hydrogen-bond donors (Lipinski definition) is 1. The molecule has 1 atom stereocenters. The van der Waals surface area contributed by atoms with E-state index < -0.39 is 0 Å². The van der Waals surface area contributed by atoms with E-state index in [0.717, 1.165) is 5.69 Å². The van der Waals surface area contributed by atoms with E-state index in [1.54, 1.807) is 19.2 Å². The number of rotatable bonds is 6. The summed E-state index contributed by atoms with van der Waals surface area (Å²) in [5.41, 5.74) is 1.23. The average Bonchev–Trinajstić information content (AvgIpc) is 2.53. The zero-order chi connectivity index (χ0) is 15.9. The fraction of sp³-hybridized carbons (Fsp3) is 0.471. The molecule has 0 radical (unpaired) electrons. The Balaban J connectivity index is 1.75. The second-order valence-electron chi connectivity index (χ2n) is 5.49. The SMILES string of the molecule is CNc1ccccc1C(=O)OCCCC1CCC(=O)CC1=O. The number of anilines is 1. The van der Waals surface area contributed by atoms with Crippen molar-refractivity contribution in [2.24, 2.45) is 5.92 Å². The third-order valence-electron chi connectivity index (χ3n) is 3.94. The zero-order valence-electron chi connectivity index (χ0n) is 12.8. The molecule has 0 heterocycles. The molecule has 1 aliphatic rings. The predicted octanol–water partition coefficient (Wildman–Crippen LogP) is 2.60. The second-order valence-corrected chi connectivity index (χ2v) is 5.49. The maximum Gasteiger partial charge on any atom is 0.340 e. The summed E-state index contributed by atoms with van der Waals surface area (Å²) in [6.07, 6.45) is 2.51. The minimum Gasteiger partial charge on any atom is -0.462 e. The van der Waals surface area contributed by atoms with Crippen molar-refractivity contribution in [1.82, 2.24) is 0 Å². The molecule has 1 aromatic rings. The van der Waals surface area contributed by atoms with E-state index in [0.29, 0.717) is 31.2 Å². The molecule has 0 aromatic heterocycles. The predicted molar refractivity (Wildman–Crippen MR) is 82.9 cm³/mol. The van der Waals surface area contributed by atoms with E-state index >= 15 is 0 Å². The number of carbonyl (C=O) groups is 3. The maximum absolute atomic E-state index is 12.0. The Morgan fingerprint density at radius 3 is 2.82 bits per heavy atom. The topological polar surface area (TPSA) is 72.5 Å². The minimum absolute atomic E-state index is 0.0307. The van der Waals surface area contributed by atoms with Crippen molar-refractivity contribution in [2.75, 3.05) is 19.0 Å². The number of ether oxygens (including phenoxy) is 1. The number of hydrogen-bond acceptors (Lipinski definition) is 5. The first kappa shape index (κ1) is 16.2. The third-order valence-corrected chi connectivity index (χ3v) is 3.94. The zero-order valence-corrected chi connectivity index (χ0v) is 12.8. The van der Waals surface area contributed by atoms with Gasteiger partial charge < -0.3 is 10.1 Å². The molecule has 1 fully saturated rings. The van der Waals surface area contributed by atoms with Gasteiger partial charge in [-0.3, -0.25) is 9.59 Å². The number of carbonyl (C=O) groups excluding carboxylic acids is 3. The van der Waals surface area contributed by atoms with Gasteiger partial charge >= 0.3 is 5.97 Å². The molecule has 1 saturated carbocycles. The van der Waals surface area contributed by atoms with Crippen molar-refractivity contribution >= 4 is 23.2 Å². The molecule has 2 rings (SSSR count). The molecule has 0 amide bonds. The minimum atomic E-state index is -0.366. The fourth-order valence-corrected chi connectivity index (χ4v) is 2.68. The van der Waals surface area contributed by atoms with E-state index in [1.165, 1.54) is 0 Å². The molecule has 5 heteroatoms. The maximum atomic E-state index is 12.0. The van der Waals surface area contributed by atoms with E-state index in [2.05, 4.69) is 5.32 Å². The highest BCUT2D eigenvalue weighted by Crippen LogP contribution is 2.23. The van der Waals surface area contributed by atoms with Crippen molar-refractivity contribution in [3.8, 4) is 0 Å². The van der Waals surface area contributed by atoms with Gasteiger partial charge in [0.15, 0.2) is 0 Å². The molecule has 22 heavy (non-hydrogen) atoms. The van der Waals surface area contributed by atoms with Crippen LogP contribution >= 0.6 is 0 Å². The number of esters is 1. The Kier molecular flexibility index (Phi) is 5.69. The molecule has 118 valence electrons. The van der Waals surface area contributed by atoms with Gasteiger partial charge in [0, 0.05) is 25.1 Å². The van der Waals surface area contributed by atoms with Crippen molar-refractivity contribution in [3.05, 3.63) is 29.8 Å². The molecular weight excluding hydrogens is 282 g/mol. The van der Waals surface area contributed by atoms with Gasteiger partial charge in [-0.15, -0.1) is 0 Å². The molecule has 1 aromatic carbocycles. The lowest BCUT2D eigenvalue weighted by molar-refractivity contribution is -0.132. The van der Waals surface area contributed by atoms with Crippen LogP contribution in [0.1, 0.15) is 42.5 Å². The highest BCUT2D eigenvalue weighted by molar-refractivity contribution is 6.02. The Bertz CT molecular complexity index is 568. The van der Waals surface area contributed by atoms with Gasteiger partial charge in [-0.05, 0) is 31.4 Å². The molecule has 1 N–H and O–H groups in total. The molecule has 1 aliphatic carbocycles. The van der Waals surface area contributed by atoms with Crippen LogP contribution in [0.2, 0.25) is 0 Å². The Hall–Kier alpha value is -2.17. The molecule has 5 nitrogen and oxygen atoms in total. The van der Waals surface area contributed by atoms with Gasteiger partial charge in [-0.2, -0.15) is 0 Å². The summed E-state index contributed by atoms with van der Waals surface area (Å²) in [6, 6.07) is 7.16. The molecule has 0 bridgehead atoms. The van der Waals surface area contributed by atoms with Gasteiger partial charge in [0.05, 0.1) is 18.6 Å². The number of ketones is 2. The largest absolute Gasteiger partial charge is 0.462 e. The van der Waals surface area contributed by atoms with E-state index in [4.69, 9.17) is 4.74 Å². The smallest absolute Gasteiger partial charge is 0.340 e. The summed E-state index contributed by atoms with van der Waals surface area (Å²) < 4.78 is 5.26. The Morgan fingerprint density at radius 1 is 1.32 bits per heavy atom. The van der Waals surface area contributed by atoms with Gasteiger partial charge in [-0.25, -0.2) is 4.79 Å². The molecular formula is C17H21NO4. The summed E-state index contributed by atoms with van der Waals surface area (Å²) >= 11 is 0. The second kappa shape index (κ2) is 7.73. The first-order valence-corrected chi connectivity index (χ1v) is 7.60. The Morgan fingerprint density at radius 2 is 2.09 bits per heavy atom. The molecule has 0 saturated heterocycles. The van der Waals surface area contributed by atoms with E-state index in [-0.39, 0.29) is 36.5 Å². The average molecular weight is 303 g/mol. The first-order valence-electron chi connectivity index (χ1n) is 7.60. The van der Waals surface area contributed by atoms with E-state index in [9.17, 15) is 14.4 Å². The van der Waals surface area contributed by atoms with Crippen LogP contribution in [0, 0.1) is 5.92 Å². The lowest BCUT2D eigenvalue weighted by Crippen LogP contribution is -2.25. The van der Waals surface area contributed by atoms with Crippen LogP contribution in [0.15, 0.2) is 24.3 Å². The Labute approximate surface area is 130 Å². The van der Waals surface area contributed by atoms with Gasteiger partial charge in [-0.1, -0.05) is 12.1 Å². The van der Waals surface area contributed by atoms with Crippen molar-refractivity contribution in [3.63, 3.8) is 0 Å². The highest BCUT2D eigenvalue weighted by atomic mass is 16.5.